The van der Waals surface area contributed by atoms with Crippen LogP contribution in [0, 0.1) is 0 Å². The van der Waals surface area contributed by atoms with Crippen molar-refractivity contribution >= 4 is 52.0 Å². The second-order valence-electron chi connectivity index (χ2n) is 9.54. The quantitative estimate of drug-likeness (QED) is 0.252. The molecule has 0 saturated carbocycles. The molecule has 3 aromatic rings. The van der Waals surface area contributed by atoms with Gasteiger partial charge in [-0.3, -0.25) is 14.5 Å². The van der Waals surface area contributed by atoms with Crippen molar-refractivity contribution in [3.63, 3.8) is 0 Å². The summed E-state index contributed by atoms with van der Waals surface area (Å²) >= 11 is 12.5. The van der Waals surface area contributed by atoms with Gasteiger partial charge in [0.2, 0.25) is 0 Å². The van der Waals surface area contributed by atoms with Crippen LogP contribution < -0.4 is 14.5 Å². The van der Waals surface area contributed by atoms with Crippen molar-refractivity contribution in [2.24, 2.45) is 0 Å². The first-order valence-corrected chi connectivity index (χ1v) is 13.1. The lowest BCUT2D eigenvalue weighted by molar-refractivity contribution is -0.132. The number of carbonyl (C=O) groups is 2. The van der Waals surface area contributed by atoms with Crippen molar-refractivity contribution < 1.29 is 24.5 Å². The van der Waals surface area contributed by atoms with Gasteiger partial charge in [0.25, 0.3) is 11.7 Å². The topological polar surface area (TPSA) is 93.5 Å². The van der Waals surface area contributed by atoms with E-state index in [0.717, 1.165) is 31.9 Å². The molecule has 1 amide bonds. The summed E-state index contributed by atoms with van der Waals surface area (Å²) in [5.74, 6) is -1.99. The summed E-state index contributed by atoms with van der Waals surface area (Å²) in [7, 11) is 3.47. The van der Waals surface area contributed by atoms with Crippen molar-refractivity contribution in [3.05, 3.63) is 87.4 Å². The first-order valence-electron chi connectivity index (χ1n) is 12.4. The highest BCUT2D eigenvalue weighted by Gasteiger charge is 2.47. The molecule has 1 unspecified atom stereocenters. The number of phenols is 1. The lowest BCUT2D eigenvalue weighted by Crippen LogP contribution is -2.44. The number of amides is 1. The molecule has 2 aliphatic heterocycles. The highest BCUT2D eigenvalue weighted by Crippen LogP contribution is 2.45. The Hall–Kier alpha value is -3.72. The summed E-state index contributed by atoms with van der Waals surface area (Å²) < 4.78 is 5.38. The van der Waals surface area contributed by atoms with Gasteiger partial charge in [0.15, 0.2) is 0 Å². The minimum atomic E-state index is -0.984. The van der Waals surface area contributed by atoms with Crippen LogP contribution in [-0.2, 0) is 9.59 Å². The zero-order chi connectivity index (χ0) is 27.8. The molecule has 1 atom stereocenters. The maximum Gasteiger partial charge on any atom is 0.300 e. The van der Waals surface area contributed by atoms with Crippen LogP contribution in [0.5, 0.6) is 11.5 Å². The van der Waals surface area contributed by atoms with Crippen LogP contribution in [-0.4, -0.2) is 67.1 Å². The largest absolute Gasteiger partial charge is 0.508 e. The Bertz CT molecular complexity index is 1450. The minimum absolute atomic E-state index is 0.0236. The standard InChI is InChI=1S/C29H27Cl2N3O5/c1-32-11-13-33(14-12-32)19-5-7-20(8-6-19)34-25(17-3-9-21(35)10-4-17)24(27(37)29(34)38)26(36)22-15-18(30)16-23(31)28(22)39-2/h3-10,15-16,25,35-36H,11-14H2,1-2H3/b26-24+. The van der Waals surface area contributed by atoms with E-state index in [0.29, 0.717) is 11.3 Å². The van der Waals surface area contributed by atoms with E-state index in [1.807, 2.05) is 12.1 Å². The number of Topliss-reactive ketones (excluding diaryl/α,β-unsaturated/α-hetero) is 1. The molecule has 3 aromatic carbocycles. The van der Waals surface area contributed by atoms with Crippen LogP contribution in [0.25, 0.3) is 5.76 Å². The van der Waals surface area contributed by atoms with E-state index >= 15 is 0 Å². The van der Waals surface area contributed by atoms with Crippen LogP contribution in [0.3, 0.4) is 0 Å². The van der Waals surface area contributed by atoms with Crippen molar-refractivity contribution in [3.8, 4) is 11.5 Å². The van der Waals surface area contributed by atoms with Crippen LogP contribution >= 0.6 is 23.2 Å². The average molecular weight is 568 g/mol. The molecule has 8 nitrogen and oxygen atoms in total. The Morgan fingerprint density at radius 3 is 2.15 bits per heavy atom. The van der Waals surface area contributed by atoms with Crippen molar-refractivity contribution in [2.75, 3.05) is 50.1 Å². The fourth-order valence-electron chi connectivity index (χ4n) is 5.05. The summed E-state index contributed by atoms with van der Waals surface area (Å²) in [4.78, 5) is 32.9. The number of phenolic OH excluding ortho intramolecular Hbond substituents is 1. The number of benzene rings is 3. The van der Waals surface area contributed by atoms with Crippen molar-refractivity contribution in [1.29, 1.82) is 0 Å². The van der Waals surface area contributed by atoms with E-state index in [4.69, 9.17) is 27.9 Å². The highest BCUT2D eigenvalue weighted by atomic mass is 35.5. The number of nitrogens with zero attached hydrogens (tertiary/aromatic N) is 3. The van der Waals surface area contributed by atoms with E-state index in [9.17, 15) is 19.8 Å². The number of aliphatic hydroxyl groups is 1. The molecule has 0 aliphatic carbocycles. The molecule has 202 valence electrons. The van der Waals surface area contributed by atoms with E-state index < -0.39 is 23.5 Å². The number of aromatic hydroxyl groups is 1. The van der Waals surface area contributed by atoms with Crippen LogP contribution in [0.15, 0.2) is 66.2 Å². The fraction of sp³-hybridized carbons (Fsp3) is 0.241. The first-order chi connectivity index (χ1) is 18.7. The molecule has 10 heteroatoms. The molecule has 0 aromatic heterocycles. The summed E-state index contributed by atoms with van der Waals surface area (Å²) in [6, 6.07) is 15.5. The lowest BCUT2D eigenvalue weighted by Gasteiger charge is -2.34. The maximum absolute atomic E-state index is 13.5. The number of ether oxygens (including phenoxy) is 1. The molecule has 5 rings (SSSR count). The smallest absolute Gasteiger partial charge is 0.300 e. The van der Waals surface area contributed by atoms with E-state index in [2.05, 4.69) is 16.8 Å². The number of piperazine rings is 1. The number of hydrogen-bond acceptors (Lipinski definition) is 7. The number of hydrogen-bond donors (Lipinski definition) is 2. The van der Waals surface area contributed by atoms with Gasteiger partial charge in [-0.2, -0.15) is 0 Å². The van der Waals surface area contributed by atoms with Crippen LogP contribution in [0.2, 0.25) is 10.0 Å². The predicted octanol–water partition coefficient (Wildman–Crippen LogP) is 5.09. The summed E-state index contributed by atoms with van der Waals surface area (Å²) in [6.45, 7) is 3.68. The number of halogens is 2. The number of methoxy groups -OCH3 is 1. The molecule has 2 aliphatic rings. The zero-order valence-corrected chi connectivity index (χ0v) is 22.9. The van der Waals surface area contributed by atoms with Gasteiger partial charge < -0.3 is 24.7 Å². The summed E-state index contributed by atoms with van der Waals surface area (Å²) in [6.07, 6.45) is 0. The lowest BCUT2D eigenvalue weighted by atomic mass is 9.94. The van der Waals surface area contributed by atoms with Gasteiger partial charge >= 0.3 is 0 Å². The number of aliphatic hydroxyl groups excluding tert-OH is 1. The molecule has 0 spiro atoms. The SMILES string of the molecule is COc1c(Cl)cc(Cl)cc1/C(O)=C1\C(=O)C(=O)N(c2ccc(N3CCN(C)CC3)cc2)C1c1ccc(O)cc1. The Labute approximate surface area is 236 Å². The predicted molar refractivity (Wildman–Crippen MR) is 152 cm³/mol. The molecule has 2 N–H and O–H groups in total. The van der Waals surface area contributed by atoms with Gasteiger partial charge in [-0.15, -0.1) is 0 Å². The number of rotatable bonds is 5. The van der Waals surface area contributed by atoms with Gasteiger partial charge in [-0.25, -0.2) is 0 Å². The van der Waals surface area contributed by atoms with E-state index in [1.54, 1.807) is 24.3 Å². The molecular weight excluding hydrogens is 541 g/mol. The Morgan fingerprint density at radius 1 is 0.923 bits per heavy atom. The minimum Gasteiger partial charge on any atom is -0.508 e. The second-order valence-corrected chi connectivity index (χ2v) is 10.4. The third kappa shape index (κ3) is 5.03. The number of ketones is 1. The molecule has 39 heavy (non-hydrogen) atoms. The van der Waals surface area contributed by atoms with Gasteiger partial charge in [-0.05, 0) is 61.1 Å². The van der Waals surface area contributed by atoms with Crippen molar-refractivity contribution in [2.45, 2.75) is 6.04 Å². The Balaban J connectivity index is 1.63. The number of anilines is 2. The third-order valence-corrected chi connectivity index (χ3v) is 7.62. The molecule has 0 bridgehead atoms. The molecule has 2 heterocycles. The Morgan fingerprint density at radius 2 is 1.54 bits per heavy atom. The van der Waals surface area contributed by atoms with Crippen molar-refractivity contribution in [1.82, 2.24) is 4.90 Å². The van der Waals surface area contributed by atoms with Gasteiger partial charge in [-0.1, -0.05) is 35.3 Å². The van der Waals surface area contributed by atoms with Crippen LogP contribution in [0.1, 0.15) is 17.2 Å². The fourth-order valence-corrected chi connectivity index (χ4v) is 5.62. The number of carbonyl (C=O) groups excluding carboxylic acids is 2. The molecular formula is C29H27Cl2N3O5. The monoisotopic (exact) mass is 567 g/mol. The van der Waals surface area contributed by atoms with Gasteiger partial charge in [0.1, 0.15) is 17.3 Å². The highest BCUT2D eigenvalue weighted by molar-refractivity contribution is 6.52. The van der Waals surface area contributed by atoms with E-state index in [-0.39, 0.29) is 32.7 Å². The molecule has 0 radical (unpaired) electrons. The van der Waals surface area contributed by atoms with Gasteiger partial charge in [0, 0.05) is 42.6 Å². The van der Waals surface area contributed by atoms with E-state index in [1.165, 1.54) is 36.3 Å². The third-order valence-electron chi connectivity index (χ3n) is 7.12. The zero-order valence-electron chi connectivity index (χ0n) is 21.4. The first kappa shape index (κ1) is 26.9. The summed E-state index contributed by atoms with van der Waals surface area (Å²) in [5, 5.41) is 21.7. The molecule has 2 saturated heterocycles. The molecule has 2 fully saturated rings. The maximum atomic E-state index is 13.5. The normalized spacial score (nSPS) is 19.5. The summed E-state index contributed by atoms with van der Waals surface area (Å²) in [5.41, 5.74) is 1.96. The second kappa shape index (κ2) is 10.8. The van der Waals surface area contributed by atoms with Gasteiger partial charge in [0.05, 0.1) is 29.3 Å². The average Bonchev–Trinajstić information content (AvgIpc) is 3.19. The number of likely N-dealkylation sites (N-methyl/N-ethyl adjacent to an activating group) is 1. The Kier molecular flexibility index (Phi) is 7.44. The van der Waals surface area contributed by atoms with Crippen LogP contribution in [0.4, 0.5) is 11.4 Å².